The molecule has 0 amide bonds. The van der Waals surface area contributed by atoms with Gasteiger partial charge in [-0.05, 0) is 40.0 Å². The van der Waals surface area contributed by atoms with Crippen molar-refractivity contribution >= 4 is 10.4 Å². The molecule has 0 fully saturated rings. The van der Waals surface area contributed by atoms with Gasteiger partial charge in [0, 0.05) is 24.7 Å². The zero-order chi connectivity index (χ0) is 14.9. The van der Waals surface area contributed by atoms with E-state index >= 15 is 0 Å². The van der Waals surface area contributed by atoms with Crippen molar-refractivity contribution in [3.63, 3.8) is 0 Å². The highest BCUT2D eigenvalue weighted by Crippen LogP contribution is 2.06. The van der Waals surface area contributed by atoms with Crippen LogP contribution in [0.3, 0.4) is 0 Å². The molecule has 116 valence electrons. The molecule has 4 N–H and O–H groups in total. The Labute approximate surface area is 123 Å². The van der Waals surface area contributed by atoms with Crippen LogP contribution >= 0.6 is 0 Å². The molecule has 0 saturated heterocycles. The van der Waals surface area contributed by atoms with Crippen LogP contribution in [0.4, 0.5) is 0 Å². The van der Waals surface area contributed by atoms with Gasteiger partial charge in [0.25, 0.3) is 0 Å². The molecule has 0 aromatic heterocycles. The molecular formula is C14H36N4Si. The predicted octanol–water partition coefficient (Wildman–Crippen LogP) is 0.675. The molecule has 0 aromatic rings. The molecule has 0 aromatic carbocycles. The average Bonchev–Trinajstić information content (AvgIpc) is 2.38. The Morgan fingerprint density at radius 2 is 1.11 bits per heavy atom. The Kier molecular flexibility index (Phi) is 9.91. The second-order valence-electron chi connectivity index (χ2n) is 5.80. The summed E-state index contributed by atoms with van der Waals surface area (Å²) < 4.78 is 0. The van der Waals surface area contributed by atoms with Crippen molar-refractivity contribution in [2.24, 2.45) is 0 Å². The Balaban J connectivity index is 4.96. The molecule has 0 radical (unpaired) electrons. The largest absolute Gasteiger partial charge is 0.341 e. The van der Waals surface area contributed by atoms with Gasteiger partial charge in [-0.1, -0.05) is 20.8 Å². The minimum absolute atomic E-state index is 0.206. The molecule has 3 unspecified atom stereocenters. The van der Waals surface area contributed by atoms with Gasteiger partial charge in [-0.15, -0.1) is 0 Å². The van der Waals surface area contributed by atoms with E-state index in [-0.39, 0.29) is 5.79 Å². The predicted molar refractivity (Wildman–Crippen MR) is 89.3 cm³/mol. The molecule has 0 aliphatic heterocycles. The quantitative estimate of drug-likeness (QED) is 0.333. The SMILES string of the molecule is CCC(C)NC(CN[SiH3])(NC(C)CC)NC(C)CC. The van der Waals surface area contributed by atoms with Crippen LogP contribution < -0.4 is 20.9 Å². The van der Waals surface area contributed by atoms with Gasteiger partial charge >= 0.3 is 0 Å². The standard InChI is InChI=1S/C14H36N4Si/c1-7-11(4)16-14(10-15-19,17-12(5)8-2)18-13(6)9-3/h11-13,15-18H,7-10H2,1-6,19H3. The summed E-state index contributed by atoms with van der Waals surface area (Å²) in [5.41, 5.74) is 0. The summed E-state index contributed by atoms with van der Waals surface area (Å²) in [7, 11) is 1.01. The molecule has 0 saturated carbocycles. The Morgan fingerprint density at radius 3 is 1.32 bits per heavy atom. The van der Waals surface area contributed by atoms with Crippen LogP contribution in [0.25, 0.3) is 0 Å². The maximum atomic E-state index is 3.75. The van der Waals surface area contributed by atoms with Gasteiger partial charge < -0.3 is 4.98 Å². The first-order valence-corrected chi connectivity index (χ1v) is 8.90. The van der Waals surface area contributed by atoms with E-state index in [1.165, 1.54) is 0 Å². The van der Waals surface area contributed by atoms with Crippen LogP contribution in [0.1, 0.15) is 60.8 Å². The summed E-state index contributed by atoms with van der Waals surface area (Å²) in [6.45, 7) is 14.3. The number of hydrogen-bond donors (Lipinski definition) is 4. The van der Waals surface area contributed by atoms with Gasteiger partial charge in [-0.25, -0.2) is 0 Å². The van der Waals surface area contributed by atoms with E-state index in [0.717, 1.165) is 36.2 Å². The van der Waals surface area contributed by atoms with Gasteiger partial charge in [0.05, 0.1) is 10.4 Å². The van der Waals surface area contributed by atoms with E-state index in [0.29, 0.717) is 18.1 Å². The number of hydrogen-bond acceptors (Lipinski definition) is 4. The molecule has 19 heavy (non-hydrogen) atoms. The minimum Gasteiger partial charge on any atom is -0.341 e. The van der Waals surface area contributed by atoms with Crippen LogP contribution in [-0.4, -0.2) is 40.9 Å². The first kappa shape index (κ1) is 19.1. The van der Waals surface area contributed by atoms with Crippen molar-refractivity contribution in [1.29, 1.82) is 0 Å². The average molecular weight is 289 g/mol. The van der Waals surface area contributed by atoms with Crippen molar-refractivity contribution in [3.05, 3.63) is 0 Å². The highest BCUT2D eigenvalue weighted by molar-refractivity contribution is 6.04. The molecule has 5 heteroatoms. The minimum atomic E-state index is -0.206. The molecule has 0 aliphatic rings. The summed E-state index contributed by atoms with van der Waals surface area (Å²) in [5, 5.41) is 11.2. The van der Waals surface area contributed by atoms with Crippen LogP contribution in [0.5, 0.6) is 0 Å². The molecule has 0 aliphatic carbocycles. The lowest BCUT2D eigenvalue weighted by Gasteiger charge is -2.43. The van der Waals surface area contributed by atoms with Gasteiger partial charge in [-0.2, -0.15) is 0 Å². The third-order valence-electron chi connectivity index (χ3n) is 3.76. The molecular weight excluding hydrogens is 252 g/mol. The summed E-state index contributed by atoms with van der Waals surface area (Å²) in [4.78, 5) is 3.45. The first-order valence-electron chi connectivity index (χ1n) is 7.90. The zero-order valence-electron chi connectivity index (χ0n) is 14.1. The summed E-state index contributed by atoms with van der Waals surface area (Å²) in [5.74, 6) is -0.206. The van der Waals surface area contributed by atoms with Gasteiger partial charge in [-0.3, -0.25) is 16.0 Å². The van der Waals surface area contributed by atoms with E-state index in [9.17, 15) is 0 Å². The Hall–Kier alpha value is 0.0569. The second kappa shape index (κ2) is 9.88. The van der Waals surface area contributed by atoms with Crippen molar-refractivity contribution in [3.8, 4) is 0 Å². The van der Waals surface area contributed by atoms with Gasteiger partial charge in [0.15, 0.2) is 0 Å². The Morgan fingerprint density at radius 1 is 0.789 bits per heavy atom. The monoisotopic (exact) mass is 288 g/mol. The summed E-state index contributed by atoms with van der Waals surface area (Å²) >= 11 is 0. The van der Waals surface area contributed by atoms with Crippen molar-refractivity contribution < 1.29 is 0 Å². The molecule has 0 rings (SSSR count). The van der Waals surface area contributed by atoms with Crippen molar-refractivity contribution in [1.82, 2.24) is 20.9 Å². The van der Waals surface area contributed by atoms with Gasteiger partial charge in [0.2, 0.25) is 0 Å². The fourth-order valence-electron chi connectivity index (χ4n) is 2.11. The van der Waals surface area contributed by atoms with Crippen LogP contribution in [-0.2, 0) is 0 Å². The number of nitrogens with one attached hydrogen (secondary N) is 4. The topological polar surface area (TPSA) is 48.1 Å². The molecule has 3 atom stereocenters. The fourth-order valence-corrected chi connectivity index (χ4v) is 2.64. The van der Waals surface area contributed by atoms with E-state index in [1.54, 1.807) is 0 Å². The van der Waals surface area contributed by atoms with Crippen LogP contribution in [0.15, 0.2) is 0 Å². The first-order chi connectivity index (χ1) is 8.92. The van der Waals surface area contributed by atoms with Crippen LogP contribution in [0, 0.1) is 0 Å². The normalized spacial score (nSPS) is 19.9. The Bertz CT molecular complexity index is 194. The molecule has 0 heterocycles. The fraction of sp³-hybridized carbons (Fsp3) is 1.00. The second-order valence-corrected chi connectivity index (χ2v) is 6.50. The third-order valence-corrected chi connectivity index (χ3v) is 4.11. The van der Waals surface area contributed by atoms with Crippen molar-refractivity contribution in [2.75, 3.05) is 6.54 Å². The van der Waals surface area contributed by atoms with E-state index < -0.39 is 0 Å². The lowest BCUT2D eigenvalue weighted by molar-refractivity contribution is 0.144. The highest BCUT2D eigenvalue weighted by Gasteiger charge is 2.32. The zero-order valence-corrected chi connectivity index (χ0v) is 16.1. The van der Waals surface area contributed by atoms with Gasteiger partial charge in [0.1, 0.15) is 5.79 Å². The van der Waals surface area contributed by atoms with E-state index in [1.807, 2.05) is 0 Å². The van der Waals surface area contributed by atoms with Crippen molar-refractivity contribution in [2.45, 2.75) is 84.7 Å². The lowest BCUT2D eigenvalue weighted by atomic mass is 10.1. The highest BCUT2D eigenvalue weighted by atomic mass is 28.2. The third kappa shape index (κ3) is 7.42. The number of rotatable bonds is 11. The summed E-state index contributed by atoms with van der Waals surface area (Å²) in [6, 6.07) is 1.47. The molecule has 0 spiro atoms. The maximum absolute atomic E-state index is 3.75. The van der Waals surface area contributed by atoms with E-state index in [4.69, 9.17) is 0 Å². The summed E-state index contributed by atoms with van der Waals surface area (Å²) in [6.07, 6.45) is 3.40. The van der Waals surface area contributed by atoms with Crippen LogP contribution in [0.2, 0.25) is 0 Å². The lowest BCUT2D eigenvalue weighted by Crippen LogP contribution is -2.75. The smallest absolute Gasteiger partial charge is 0.136 e. The maximum Gasteiger partial charge on any atom is 0.136 e. The van der Waals surface area contributed by atoms with E-state index in [2.05, 4.69) is 62.5 Å². The molecule has 0 bridgehead atoms. The molecule has 4 nitrogen and oxygen atoms in total.